The standard InChI is InChI=1S/2C46H28O.C40H24O/c1-2-12-29(13-3-1)33-26-31-15-5-6-16-34(31)40(28-33)45-38-20-10-8-18-36(38)44(37-19-9-11-21-39(37)45)32-23-24-42-41(27-32)46-35-17-7-4-14-30(35)22-25-43(46)47-42;1-2-12-29(13-3-1)32-24-25-40(35-17-7-6-16-34(32)35)45-38-20-10-8-18-36(38)44(37-19-9-11-21-39(37)45)31-23-26-42-41(28-31)46-33-15-5-4-14-30(33)22-27-43(46)47-42;1-2-11-27-23-28(18-17-25(27)9-1)38-31-13-5-7-15-33(31)39(34-16-8-6-14-32(34)38)29-20-21-36-35(24-29)40-30-12-4-3-10-26(30)19-22-37(40)41-36/h2*1-28H;1-24H/i2*1D,2D,3D,4D,5D,6D,7D,8D,9D,10D,11D,12D,13D,14D,15D,16D,17D,18D,19D,20D,21D,22D,23D,24D,25D,26D,27D,28D;1D,2D,3D,4D,5D,6D,7D,8D,9D,10D,11D,12D,13D,14D,15D,16D,17D,18D,19D,20D,21D,22D,23D,24D. The molecule has 626 valence electrons. The van der Waals surface area contributed by atoms with Gasteiger partial charge in [0.25, 0.3) is 0 Å². The molecule has 0 amide bonds. The Morgan fingerprint density at radius 2 is 0.370 bits per heavy atom. The first-order valence-electron chi connectivity index (χ1n) is 80.0. The third kappa shape index (κ3) is 12.7. The highest BCUT2D eigenvalue weighted by atomic mass is 16.3. The van der Waals surface area contributed by atoms with Crippen molar-refractivity contribution < 1.29 is 123 Å². The highest BCUT2D eigenvalue weighted by Crippen LogP contribution is 2.53. The van der Waals surface area contributed by atoms with Crippen molar-refractivity contribution in [2.24, 2.45) is 0 Å². The van der Waals surface area contributed by atoms with Crippen molar-refractivity contribution in [1.82, 2.24) is 0 Å². The SMILES string of the molecule is [2H]c1c(-c2c3c([2H])c([2H])c([2H])c([2H])c3c(-c3c([2H])c([2H])c4c([2H])c([2H])c([2H])c([2H])c4c3[2H])c3c([2H])c([2H])c([2H])c([2H])c23)c([2H])c2c(oc3c([2H])c([2H])c4c([2H])c([2H])c([2H])c([2H])c4c32)c1[2H].[2H]c1c([2H])c([2H])c(-c2c([2H])c(-c3c4c([2H])c([2H])c([2H])c([2H])c4c(-c4c([2H])c([2H])c5oc6c([2H])c([2H])c7c([2H])c([2H])c([2H])c([2H])c7c6c5c4[2H])c4c([2H])c([2H])c([2H])c([2H])c34)c3c([2H])c([2H])c([2H])c([2H])c3c2[2H])c([2H])c1[2H].[2H]c1c([2H])c([2H])c(-c2c([2H])c([2H])c(-c3c4c([2H])c([2H])c([2H])c([2H])c4c(-c4c([2H])c([2H])c5oc6c([2H])c([2H])c7c([2H])c([2H])c([2H])c([2H])c7c6c5c4[2H])c4c([2H])c([2H])c([2H])c([2H])c34)c3c([2H])c([2H])c([2H])c([2H])c23)c([2H])c1[2H]. The number of fused-ring (bicyclic) bond motifs is 24. The van der Waals surface area contributed by atoms with Gasteiger partial charge in [0.1, 0.15) is 33.5 Å². The highest BCUT2D eigenvalue weighted by Gasteiger charge is 2.26. The first kappa shape index (κ1) is 31.8. The topological polar surface area (TPSA) is 39.4 Å². The van der Waals surface area contributed by atoms with Gasteiger partial charge in [0, 0.05) is 32.3 Å². The summed E-state index contributed by atoms with van der Waals surface area (Å²) in [6.45, 7) is 0. The molecule has 135 heavy (non-hydrogen) atoms. The van der Waals surface area contributed by atoms with E-state index in [1.54, 1.807) is 0 Å². The molecule has 26 aromatic carbocycles. The van der Waals surface area contributed by atoms with E-state index in [1.807, 2.05) is 0 Å². The second-order valence-electron chi connectivity index (χ2n) is 29.5. The van der Waals surface area contributed by atoms with Crippen molar-refractivity contribution >= 4 is 195 Å². The average Bonchev–Trinajstić information content (AvgIpc) is 1.61. The third-order valence-corrected chi connectivity index (χ3v) is 22.4. The van der Waals surface area contributed by atoms with Gasteiger partial charge in [-0.3, -0.25) is 0 Å². The molecule has 3 nitrogen and oxygen atoms in total. The predicted octanol–water partition coefficient (Wildman–Crippen LogP) is 37.9. The molecule has 0 aliphatic rings. The monoisotopic (exact) mass is 1790 g/mol. The van der Waals surface area contributed by atoms with Crippen LogP contribution in [0, 0.1) is 0 Å². The third-order valence-electron chi connectivity index (χ3n) is 22.4. The van der Waals surface area contributed by atoms with E-state index >= 15 is 0 Å². The van der Waals surface area contributed by atoms with E-state index in [1.165, 1.54) is 0 Å². The zero-order chi connectivity index (χ0) is 158. The van der Waals surface area contributed by atoms with E-state index in [2.05, 4.69) is 0 Å². The van der Waals surface area contributed by atoms with Crippen LogP contribution in [0.1, 0.15) is 110 Å². The molecule has 0 bridgehead atoms. The maximum absolute atomic E-state index is 9.97. The summed E-state index contributed by atoms with van der Waals surface area (Å²) >= 11 is 0. The molecule has 0 aliphatic heterocycles. The summed E-state index contributed by atoms with van der Waals surface area (Å²) < 4.78 is 738. The molecule has 0 saturated heterocycles. The molecule has 0 atom stereocenters. The van der Waals surface area contributed by atoms with Crippen molar-refractivity contribution in [3.05, 3.63) is 483 Å². The molecule has 0 aliphatic carbocycles. The van der Waals surface area contributed by atoms with Gasteiger partial charge in [-0.15, -0.1) is 0 Å². The Labute approximate surface area is 889 Å². The fourth-order valence-corrected chi connectivity index (χ4v) is 16.8. The maximum atomic E-state index is 9.97. The largest absolute Gasteiger partial charge is 0.456 e. The number of hydrogen-bond donors (Lipinski definition) is 0. The van der Waals surface area contributed by atoms with Crippen molar-refractivity contribution in [1.29, 1.82) is 0 Å². The van der Waals surface area contributed by atoms with Crippen molar-refractivity contribution in [3.63, 3.8) is 0 Å². The molecule has 0 saturated carbocycles. The highest BCUT2D eigenvalue weighted by molar-refractivity contribution is 6.30. The van der Waals surface area contributed by atoms with Gasteiger partial charge in [-0.05, 0) is 291 Å². The Kier molecular flexibility index (Phi) is 7.43. The summed E-state index contributed by atoms with van der Waals surface area (Å²) in [5.41, 5.74) is -15.7. The van der Waals surface area contributed by atoms with Crippen LogP contribution in [-0.4, -0.2) is 0 Å². The summed E-state index contributed by atoms with van der Waals surface area (Å²) in [5.74, 6) is 0. The Morgan fingerprint density at radius 3 is 0.756 bits per heavy atom. The van der Waals surface area contributed by atoms with Crippen LogP contribution in [0.4, 0.5) is 0 Å². The number of rotatable bonds is 8. The fourth-order valence-electron chi connectivity index (χ4n) is 16.8. The fraction of sp³-hybridized carbons (Fsp3) is 0. The summed E-state index contributed by atoms with van der Waals surface area (Å²) in [4.78, 5) is 0. The zero-order valence-corrected chi connectivity index (χ0v) is 67.2. The van der Waals surface area contributed by atoms with Gasteiger partial charge in [0.05, 0.1) is 110 Å². The second kappa shape index (κ2) is 31.5. The summed E-state index contributed by atoms with van der Waals surface area (Å²) in [6.07, 6.45) is 0. The quantitative estimate of drug-likeness (QED) is 0.142. The molecule has 3 heterocycles. The Hall–Kier alpha value is -17.8. The van der Waals surface area contributed by atoms with Gasteiger partial charge in [-0.25, -0.2) is 0 Å². The molecule has 0 fully saturated rings. The van der Waals surface area contributed by atoms with E-state index in [9.17, 15) is 41.1 Å². The smallest absolute Gasteiger partial charge is 0.136 e. The molecule has 0 spiro atoms. The van der Waals surface area contributed by atoms with E-state index in [4.69, 9.17) is 81.8 Å². The van der Waals surface area contributed by atoms with Crippen LogP contribution in [0.15, 0.2) is 497 Å². The Morgan fingerprint density at radius 1 is 0.119 bits per heavy atom. The normalized spacial score (nSPS) is 20.1. The maximum Gasteiger partial charge on any atom is 0.136 e. The van der Waals surface area contributed by atoms with Crippen LogP contribution in [0.25, 0.3) is 284 Å². The van der Waals surface area contributed by atoms with Gasteiger partial charge in [0.2, 0.25) is 0 Å². The first-order valence-corrected chi connectivity index (χ1v) is 40.0. The van der Waals surface area contributed by atoms with Gasteiger partial charge in [-0.1, -0.05) is 411 Å². The molecule has 0 N–H and O–H groups in total. The van der Waals surface area contributed by atoms with Crippen LogP contribution in [0.2, 0.25) is 0 Å². The molecule has 3 heteroatoms. The van der Waals surface area contributed by atoms with Crippen LogP contribution < -0.4 is 0 Å². The molecular weight excluding hydrogens is 1630 g/mol. The minimum Gasteiger partial charge on any atom is -0.456 e. The minimum atomic E-state index is -1.09. The lowest BCUT2D eigenvalue weighted by Gasteiger charge is -2.19. The minimum absolute atomic E-state index is 0.363. The van der Waals surface area contributed by atoms with Crippen molar-refractivity contribution in [2.45, 2.75) is 0 Å². The van der Waals surface area contributed by atoms with E-state index in [0.29, 0.717) is 0 Å². The molecule has 0 radical (unpaired) electrons. The first-order chi connectivity index (χ1) is 100. The number of furan rings is 3. The molecular formula is C132H80O3. The summed E-state index contributed by atoms with van der Waals surface area (Å²) in [7, 11) is 0. The van der Waals surface area contributed by atoms with Crippen molar-refractivity contribution in [3.8, 4) is 89.0 Å². The van der Waals surface area contributed by atoms with Gasteiger partial charge in [0.15, 0.2) is 0 Å². The predicted molar refractivity (Wildman–Crippen MR) is 575 cm³/mol. The van der Waals surface area contributed by atoms with E-state index < -0.39 is 762 Å². The molecule has 0 unspecified atom stereocenters. The van der Waals surface area contributed by atoms with E-state index in [-0.39, 0.29) is 5.39 Å². The van der Waals surface area contributed by atoms with E-state index in [0.717, 1.165) is 0 Å². The number of benzene rings is 26. The Balaban J connectivity index is 0.000000145. The molecule has 29 rings (SSSR count). The summed E-state index contributed by atoms with van der Waals surface area (Å²) in [5, 5.41) is -18.5. The Bertz CT molecular complexity index is 15000. The number of hydrogen-bond acceptors (Lipinski definition) is 3. The second-order valence-corrected chi connectivity index (χ2v) is 29.5. The average molecular weight is 1790 g/mol. The molecule has 29 aromatic rings. The lowest BCUT2D eigenvalue weighted by molar-refractivity contribution is 0.669. The zero-order valence-electron chi connectivity index (χ0n) is 147. The summed E-state index contributed by atoms with van der Waals surface area (Å²) in [6, 6.07) is -73.1. The molecule has 3 aromatic heterocycles. The van der Waals surface area contributed by atoms with Gasteiger partial charge in [-0.2, -0.15) is 0 Å². The van der Waals surface area contributed by atoms with Gasteiger partial charge >= 0.3 is 0 Å². The van der Waals surface area contributed by atoms with Crippen LogP contribution >= 0.6 is 0 Å². The van der Waals surface area contributed by atoms with Crippen LogP contribution in [0.3, 0.4) is 0 Å². The van der Waals surface area contributed by atoms with Crippen LogP contribution in [-0.2, 0) is 0 Å². The van der Waals surface area contributed by atoms with Crippen molar-refractivity contribution in [2.75, 3.05) is 0 Å². The lowest BCUT2D eigenvalue weighted by atomic mass is 9.83. The van der Waals surface area contributed by atoms with Crippen LogP contribution in [0.5, 0.6) is 0 Å². The lowest BCUT2D eigenvalue weighted by Crippen LogP contribution is -1.92. The van der Waals surface area contributed by atoms with Gasteiger partial charge < -0.3 is 13.3 Å².